The molecule has 0 aliphatic carbocycles. The minimum Gasteiger partial charge on any atom is -0.481 e. The lowest BCUT2D eigenvalue weighted by molar-refractivity contribution is -0.165. The standard InChI is InChI=1S/C19H30N2O4/c1-12(2)5-7-19(18(24)25)11-21(8-6-16(19)22)10-15-14(4)17(23)13(3)9-20-15/h9,12,16,22H,5-8,10-11H2,1-4H3,(H,20,23)(H,24,25)/t16-,19-/m1/s1. The smallest absolute Gasteiger partial charge is 0.313 e. The molecule has 2 heterocycles. The number of aromatic nitrogens is 1. The topological polar surface area (TPSA) is 93.6 Å². The van der Waals surface area contributed by atoms with Gasteiger partial charge in [-0.15, -0.1) is 0 Å². The Bertz CT molecular complexity index is 682. The summed E-state index contributed by atoms with van der Waals surface area (Å²) in [5.74, 6) is -0.547. The van der Waals surface area contributed by atoms with Crippen LogP contribution < -0.4 is 5.43 Å². The third-order valence-electron chi connectivity index (χ3n) is 5.45. The summed E-state index contributed by atoms with van der Waals surface area (Å²) < 4.78 is 0. The summed E-state index contributed by atoms with van der Waals surface area (Å²) in [5, 5.41) is 20.3. The lowest BCUT2D eigenvalue weighted by Gasteiger charge is -2.43. The van der Waals surface area contributed by atoms with E-state index in [-0.39, 0.29) is 5.43 Å². The second-order valence-electron chi connectivity index (χ2n) is 7.81. The lowest BCUT2D eigenvalue weighted by atomic mass is 9.72. The number of aryl methyl sites for hydroxylation is 1. The van der Waals surface area contributed by atoms with Gasteiger partial charge in [-0.1, -0.05) is 13.8 Å². The maximum absolute atomic E-state index is 12.1. The van der Waals surface area contributed by atoms with Crippen LogP contribution in [-0.2, 0) is 11.3 Å². The predicted molar refractivity (Wildman–Crippen MR) is 96.6 cm³/mol. The Labute approximate surface area is 148 Å². The first-order valence-electron chi connectivity index (χ1n) is 8.99. The molecule has 2 rings (SSSR count). The molecule has 0 radical (unpaired) electrons. The van der Waals surface area contributed by atoms with E-state index in [4.69, 9.17) is 0 Å². The Hall–Kier alpha value is -1.66. The Morgan fingerprint density at radius 1 is 1.44 bits per heavy atom. The molecule has 0 amide bonds. The third-order valence-corrected chi connectivity index (χ3v) is 5.45. The highest BCUT2D eigenvalue weighted by Gasteiger charge is 2.48. The van der Waals surface area contributed by atoms with Crippen molar-refractivity contribution < 1.29 is 15.0 Å². The highest BCUT2D eigenvalue weighted by Crippen LogP contribution is 2.37. The summed E-state index contributed by atoms with van der Waals surface area (Å²) >= 11 is 0. The molecule has 6 heteroatoms. The van der Waals surface area contributed by atoms with Gasteiger partial charge in [0.05, 0.1) is 6.10 Å². The summed E-state index contributed by atoms with van der Waals surface area (Å²) in [6, 6.07) is 0. The van der Waals surface area contributed by atoms with Gasteiger partial charge in [0, 0.05) is 42.7 Å². The average Bonchev–Trinajstić information content (AvgIpc) is 2.55. The minimum absolute atomic E-state index is 0.0232. The van der Waals surface area contributed by atoms with E-state index in [0.717, 1.165) is 12.1 Å². The Morgan fingerprint density at radius 2 is 2.12 bits per heavy atom. The van der Waals surface area contributed by atoms with Gasteiger partial charge in [0.15, 0.2) is 5.43 Å². The van der Waals surface area contributed by atoms with Crippen molar-refractivity contribution in [3.05, 3.63) is 33.2 Å². The fraction of sp³-hybridized carbons (Fsp3) is 0.684. The summed E-state index contributed by atoms with van der Waals surface area (Å²) in [4.78, 5) is 29.3. The van der Waals surface area contributed by atoms with Crippen molar-refractivity contribution >= 4 is 5.97 Å². The quantitative estimate of drug-likeness (QED) is 0.730. The highest BCUT2D eigenvalue weighted by atomic mass is 16.4. The van der Waals surface area contributed by atoms with Crippen LogP contribution in [0.5, 0.6) is 0 Å². The lowest BCUT2D eigenvalue weighted by Crippen LogP contribution is -2.55. The molecule has 3 N–H and O–H groups in total. The third kappa shape index (κ3) is 4.12. The van der Waals surface area contributed by atoms with Gasteiger partial charge in [0.2, 0.25) is 0 Å². The van der Waals surface area contributed by atoms with E-state index in [1.165, 1.54) is 0 Å². The summed E-state index contributed by atoms with van der Waals surface area (Å²) in [7, 11) is 0. The van der Waals surface area contributed by atoms with Gasteiger partial charge in [-0.2, -0.15) is 0 Å². The molecule has 0 aromatic carbocycles. The maximum atomic E-state index is 12.1. The molecule has 0 spiro atoms. The van der Waals surface area contributed by atoms with E-state index >= 15 is 0 Å². The first-order valence-corrected chi connectivity index (χ1v) is 8.99. The number of rotatable bonds is 6. The van der Waals surface area contributed by atoms with E-state index in [1.54, 1.807) is 20.0 Å². The number of aliphatic hydroxyl groups excluding tert-OH is 1. The molecule has 2 atom stereocenters. The number of carboxylic acid groups (broad SMARTS) is 1. The molecule has 25 heavy (non-hydrogen) atoms. The van der Waals surface area contributed by atoms with E-state index in [0.29, 0.717) is 49.5 Å². The van der Waals surface area contributed by atoms with Crippen molar-refractivity contribution in [2.75, 3.05) is 13.1 Å². The van der Waals surface area contributed by atoms with E-state index in [9.17, 15) is 19.8 Å². The van der Waals surface area contributed by atoms with Gasteiger partial charge in [-0.25, -0.2) is 0 Å². The van der Waals surface area contributed by atoms with Crippen LogP contribution in [0.15, 0.2) is 11.0 Å². The molecular formula is C19H30N2O4. The number of likely N-dealkylation sites (tertiary alicyclic amines) is 1. The van der Waals surface area contributed by atoms with Crippen LogP contribution in [0.2, 0.25) is 0 Å². The van der Waals surface area contributed by atoms with Crippen LogP contribution in [0.25, 0.3) is 0 Å². The molecule has 0 bridgehead atoms. The number of carboxylic acids is 1. The van der Waals surface area contributed by atoms with Gasteiger partial charge >= 0.3 is 5.97 Å². The molecule has 0 unspecified atom stereocenters. The molecule has 1 aliphatic rings. The van der Waals surface area contributed by atoms with Crippen LogP contribution in [0.4, 0.5) is 0 Å². The number of carbonyl (C=O) groups is 1. The van der Waals surface area contributed by atoms with Gasteiger partial charge in [0.1, 0.15) is 5.41 Å². The molecule has 140 valence electrons. The minimum atomic E-state index is -1.14. The van der Waals surface area contributed by atoms with E-state index < -0.39 is 17.5 Å². The zero-order valence-corrected chi connectivity index (χ0v) is 15.6. The highest BCUT2D eigenvalue weighted by molar-refractivity contribution is 5.76. The zero-order valence-electron chi connectivity index (χ0n) is 15.6. The Kier molecular flexibility index (Phi) is 6.06. The van der Waals surface area contributed by atoms with Crippen LogP contribution >= 0.6 is 0 Å². The number of nitrogens with one attached hydrogen (secondary N) is 1. The fourth-order valence-electron chi connectivity index (χ4n) is 3.60. The molecule has 1 saturated heterocycles. The second-order valence-corrected chi connectivity index (χ2v) is 7.81. The number of hydrogen-bond acceptors (Lipinski definition) is 4. The van der Waals surface area contributed by atoms with Crippen molar-refractivity contribution in [2.24, 2.45) is 11.3 Å². The maximum Gasteiger partial charge on any atom is 0.313 e. The first-order chi connectivity index (χ1) is 11.7. The van der Waals surface area contributed by atoms with Crippen LogP contribution in [0.3, 0.4) is 0 Å². The monoisotopic (exact) mass is 350 g/mol. The van der Waals surface area contributed by atoms with Gasteiger partial charge in [-0.3, -0.25) is 14.5 Å². The normalized spacial score (nSPS) is 24.6. The molecule has 0 saturated carbocycles. The number of hydrogen-bond donors (Lipinski definition) is 3. The summed E-state index contributed by atoms with van der Waals surface area (Å²) in [5.41, 5.74) is 1.05. The molecule has 1 aliphatic heterocycles. The Morgan fingerprint density at radius 3 is 2.72 bits per heavy atom. The molecule has 1 aromatic heterocycles. The SMILES string of the molecule is Cc1c[nH]c(CN2CC[C@@H](O)[C@](CCC(C)C)(C(=O)O)C2)c(C)c1=O. The number of aromatic amines is 1. The second kappa shape index (κ2) is 7.70. The largest absolute Gasteiger partial charge is 0.481 e. The first kappa shape index (κ1) is 19.7. The van der Waals surface area contributed by atoms with Gasteiger partial charge in [-0.05, 0) is 39.0 Å². The van der Waals surface area contributed by atoms with Crippen molar-refractivity contribution in [3.63, 3.8) is 0 Å². The van der Waals surface area contributed by atoms with E-state index in [2.05, 4.69) is 18.8 Å². The predicted octanol–water partition coefficient (Wildman–Crippen LogP) is 2.07. The average molecular weight is 350 g/mol. The number of pyridine rings is 1. The molecular weight excluding hydrogens is 320 g/mol. The van der Waals surface area contributed by atoms with Crippen molar-refractivity contribution in [1.82, 2.24) is 9.88 Å². The zero-order chi connectivity index (χ0) is 18.8. The van der Waals surface area contributed by atoms with Crippen LogP contribution in [0.1, 0.15) is 49.9 Å². The number of piperidine rings is 1. The molecule has 1 aromatic rings. The van der Waals surface area contributed by atoms with Gasteiger partial charge in [0.25, 0.3) is 0 Å². The van der Waals surface area contributed by atoms with Crippen molar-refractivity contribution in [1.29, 1.82) is 0 Å². The molecule has 6 nitrogen and oxygen atoms in total. The fourth-order valence-corrected chi connectivity index (χ4v) is 3.60. The summed E-state index contributed by atoms with van der Waals surface area (Å²) in [6.07, 6.45) is 2.52. The molecule has 1 fully saturated rings. The van der Waals surface area contributed by atoms with Crippen LogP contribution in [0, 0.1) is 25.2 Å². The number of aliphatic carboxylic acids is 1. The number of nitrogens with zero attached hydrogens (tertiary/aromatic N) is 1. The summed E-state index contributed by atoms with van der Waals surface area (Å²) in [6.45, 7) is 9.09. The van der Waals surface area contributed by atoms with E-state index in [1.807, 2.05) is 4.90 Å². The number of aliphatic hydroxyl groups is 1. The Balaban J connectivity index is 2.22. The van der Waals surface area contributed by atoms with Crippen molar-refractivity contribution in [3.8, 4) is 0 Å². The van der Waals surface area contributed by atoms with Crippen LogP contribution in [-0.4, -0.2) is 45.3 Å². The van der Waals surface area contributed by atoms with Gasteiger partial charge < -0.3 is 15.2 Å². The number of H-pyrrole nitrogens is 1. The van der Waals surface area contributed by atoms with Crippen molar-refractivity contribution in [2.45, 2.75) is 59.6 Å².